The number of para-hydroxylation sites is 1. The van der Waals surface area contributed by atoms with Gasteiger partial charge in [-0.15, -0.1) is 0 Å². The van der Waals surface area contributed by atoms with Gasteiger partial charge in [-0.2, -0.15) is 11.8 Å². The van der Waals surface area contributed by atoms with Gasteiger partial charge >= 0.3 is 0 Å². The maximum atomic E-state index is 5.84. The van der Waals surface area contributed by atoms with E-state index in [9.17, 15) is 0 Å². The maximum absolute atomic E-state index is 5.84. The fourth-order valence-corrected chi connectivity index (χ4v) is 3.91. The molecule has 1 aliphatic rings. The summed E-state index contributed by atoms with van der Waals surface area (Å²) in [5.74, 6) is 2.05. The number of nitrogens with zero attached hydrogens (tertiary/aromatic N) is 1. The molecular weight excluding hydrogens is 300 g/mol. The van der Waals surface area contributed by atoms with Crippen LogP contribution in [0.1, 0.15) is 25.3 Å². The highest BCUT2D eigenvalue weighted by Crippen LogP contribution is 2.21. The minimum absolute atomic E-state index is 0.393. The van der Waals surface area contributed by atoms with Crippen molar-refractivity contribution in [2.24, 2.45) is 5.73 Å². The first kappa shape index (κ1) is 16.6. The van der Waals surface area contributed by atoms with E-state index < -0.39 is 0 Å². The Bertz CT molecular complexity index is 467. The largest absolute Gasteiger partial charge is 0.493 e. The van der Waals surface area contributed by atoms with Crippen molar-refractivity contribution in [1.82, 2.24) is 4.90 Å². The van der Waals surface area contributed by atoms with Gasteiger partial charge in [0.15, 0.2) is 0 Å². The van der Waals surface area contributed by atoms with Crippen LogP contribution >= 0.6 is 24.0 Å². The SMILES string of the molecule is CCC1CN(CCCOc2ccccc2C(N)=S)CCS1. The van der Waals surface area contributed by atoms with Crippen molar-refractivity contribution in [3.63, 3.8) is 0 Å². The molecule has 21 heavy (non-hydrogen) atoms. The molecule has 1 aliphatic heterocycles. The van der Waals surface area contributed by atoms with Crippen molar-refractivity contribution in [2.45, 2.75) is 25.0 Å². The van der Waals surface area contributed by atoms with Gasteiger partial charge in [-0.1, -0.05) is 31.3 Å². The summed E-state index contributed by atoms with van der Waals surface area (Å²) in [6.07, 6.45) is 2.30. The first-order chi connectivity index (χ1) is 10.2. The predicted octanol–water partition coefficient (Wildman–Crippen LogP) is 2.92. The second kappa shape index (κ2) is 8.61. The standard InChI is InChI=1S/C16H24N2OS2/c1-2-13-12-18(9-11-21-13)8-5-10-19-15-7-4-3-6-14(15)16(17)20/h3-4,6-7,13H,2,5,8-12H2,1H3,(H2,17,20). The molecule has 1 fully saturated rings. The van der Waals surface area contributed by atoms with Gasteiger partial charge in [0.1, 0.15) is 10.7 Å². The Morgan fingerprint density at radius 3 is 3.05 bits per heavy atom. The molecular formula is C16H24N2OS2. The molecule has 0 saturated carbocycles. The molecule has 0 bridgehead atoms. The number of thioether (sulfide) groups is 1. The van der Waals surface area contributed by atoms with E-state index in [4.69, 9.17) is 22.7 Å². The van der Waals surface area contributed by atoms with Crippen LogP contribution in [0.15, 0.2) is 24.3 Å². The fourth-order valence-electron chi connectivity index (χ4n) is 2.50. The lowest BCUT2D eigenvalue weighted by atomic mass is 10.2. The third-order valence-electron chi connectivity index (χ3n) is 3.71. The minimum atomic E-state index is 0.393. The van der Waals surface area contributed by atoms with Crippen LogP contribution < -0.4 is 10.5 Å². The average molecular weight is 325 g/mol. The zero-order valence-electron chi connectivity index (χ0n) is 12.6. The van der Waals surface area contributed by atoms with Gasteiger partial charge in [0.25, 0.3) is 0 Å². The van der Waals surface area contributed by atoms with Crippen LogP contribution in [0.25, 0.3) is 0 Å². The summed E-state index contributed by atoms with van der Waals surface area (Å²) >= 11 is 7.15. The first-order valence-corrected chi connectivity index (χ1v) is 9.02. The normalized spacial score (nSPS) is 19.4. The van der Waals surface area contributed by atoms with Gasteiger partial charge in [0.2, 0.25) is 0 Å². The van der Waals surface area contributed by atoms with Crippen molar-refractivity contribution >= 4 is 29.0 Å². The Hall–Kier alpha value is -0.780. The molecule has 1 atom stereocenters. The highest BCUT2D eigenvalue weighted by Gasteiger charge is 2.18. The molecule has 1 saturated heterocycles. The Balaban J connectivity index is 1.74. The summed E-state index contributed by atoms with van der Waals surface area (Å²) in [5.41, 5.74) is 6.53. The highest BCUT2D eigenvalue weighted by atomic mass is 32.2. The molecule has 0 amide bonds. The number of benzene rings is 1. The number of hydrogen-bond donors (Lipinski definition) is 1. The van der Waals surface area contributed by atoms with Crippen LogP contribution in [0.5, 0.6) is 5.75 Å². The smallest absolute Gasteiger partial charge is 0.129 e. The number of hydrogen-bond acceptors (Lipinski definition) is 4. The summed E-state index contributed by atoms with van der Waals surface area (Å²) in [5, 5.41) is 0.801. The number of thiocarbonyl (C=S) groups is 1. The van der Waals surface area contributed by atoms with Gasteiger partial charge < -0.3 is 15.4 Å². The van der Waals surface area contributed by atoms with Crippen LogP contribution in [-0.2, 0) is 0 Å². The number of ether oxygens (including phenoxy) is 1. The topological polar surface area (TPSA) is 38.5 Å². The minimum Gasteiger partial charge on any atom is -0.493 e. The summed E-state index contributed by atoms with van der Waals surface area (Å²) in [7, 11) is 0. The Morgan fingerprint density at radius 2 is 2.29 bits per heavy atom. The van der Waals surface area contributed by atoms with Crippen molar-refractivity contribution in [1.29, 1.82) is 0 Å². The molecule has 5 heteroatoms. The Labute approximate surface area is 137 Å². The van der Waals surface area contributed by atoms with Crippen LogP contribution in [0.2, 0.25) is 0 Å². The molecule has 3 nitrogen and oxygen atoms in total. The van der Waals surface area contributed by atoms with Crippen molar-refractivity contribution < 1.29 is 4.74 Å². The monoisotopic (exact) mass is 324 g/mol. The molecule has 116 valence electrons. The molecule has 0 aliphatic carbocycles. The van der Waals surface area contributed by atoms with E-state index in [2.05, 4.69) is 23.6 Å². The highest BCUT2D eigenvalue weighted by molar-refractivity contribution is 8.00. The molecule has 2 N–H and O–H groups in total. The van der Waals surface area contributed by atoms with Crippen LogP contribution in [0, 0.1) is 0 Å². The van der Waals surface area contributed by atoms with Crippen molar-refractivity contribution in [3.8, 4) is 5.75 Å². The number of rotatable bonds is 7. The van der Waals surface area contributed by atoms with E-state index in [1.165, 1.54) is 25.3 Å². The Kier molecular flexibility index (Phi) is 6.80. The number of nitrogens with two attached hydrogens (primary N) is 1. The van der Waals surface area contributed by atoms with E-state index in [1.807, 2.05) is 24.3 Å². The molecule has 1 aromatic rings. The van der Waals surface area contributed by atoms with E-state index in [0.717, 1.165) is 29.5 Å². The molecule has 0 aromatic heterocycles. The summed E-state index contributed by atoms with van der Waals surface area (Å²) in [6, 6.07) is 7.72. The third kappa shape index (κ3) is 5.16. The first-order valence-electron chi connectivity index (χ1n) is 7.56. The van der Waals surface area contributed by atoms with E-state index in [0.29, 0.717) is 11.6 Å². The molecule has 1 aromatic carbocycles. The van der Waals surface area contributed by atoms with Crippen LogP contribution in [0.3, 0.4) is 0 Å². The van der Waals surface area contributed by atoms with E-state index in [-0.39, 0.29) is 0 Å². The van der Waals surface area contributed by atoms with Gasteiger partial charge in [0, 0.05) is 30.6 Å². The zero-order chi connectivity index (χ0) is 15.1. The van der Waals surface area contributed by atoms with Gasteiger partial charge in [0.05, 0.1) is 12.2 Å². The molecule has 0 spiro atoms. The lowest BCUT2D eigenvalue weighted by molar-refractivity contribution is 0.238. The van der Waals surface area contributed by atoms with Gasteiger partial charge in [-0.05, 0) is 25.0 Å². The second-order valence-electron chi connectivity index (χ2n) is 5.26. The summed E-state index contributed by atoms with van der Waals surface area (Å²) in [4.78, 5) is 2.94. The Morgan fingerprint density at radius 1 is 1.48 bits per heavy atom. The third-order valence-corrected chi connectivity index (χ3v) is 5.30. The maximum Gasteiger partial charge on any atom is 0.129 e. The zero-order valence-corrected chi connectivity index (χ0v) is 14.2. The van der Waals surface area contributed by atoms with Gasteiger partial charge in [-0.25, -0.2) is 0 Å². The van der Waals surface area contributed by atoms with Crippen LogP contribution in [0.4, 0.5) is 0 Å². The van der Waals surface area contributed by atoms with Gasteiger partial charge in [-0.3, -0.25) is 0 Å². The average Bonchev–Trinajstić information content (AvgIpc) is 2.52. The lowest BCUT2D eigenvalue weighted by Gasteiger charge is -2.31. The van der Waals surface area contributed by atoms with Crippen LogP contribution in [-0.4, -0.2) is 47.1 Å². The predicted molar refractivity (Wildman–Crippen MR) is 95.4 cm³/mol. The summed E-state index contributed by atoms with van der Waals surface area (Å²) < 4.78 is 5.84. The van der Waals surface area contributed by atoms with E-state index in [1.54, 1.807) is 0 Å². The molecule has 1 unspecified atom stereocenters. The quantitative estimate of drug-likeness (QED) is 0.617. The molecule has 1 heterocycles. The second-order valence-corrected chi connectivity index (χ2v) is 7.11. The lowest BCUT2D eigenvalue weighted by Crippen LogP contribution is -2.38. The molecule has 2 rings (SSSR count). The molecule has 0 radical (unpaired) electrons. The van der Waals surface area contributed by atoms with E-state index >= 15 is 0 Å². The fraction of sp³-hybridized carbons (Fsp3) is 0.562. The van der Waals surface area contributed by atoms with Crippen molar-refractivity contribution in [3.05, 3.63) is 29.8 Å². The van der Waals surface area contributed by atoms with Crippen molar-refractivity contribution in [2.75, 3.05) is 32.0 Å². The summed E-state index contributed by atoms with van der Waals surface area (Å²) in [6.45, 7) is 6.50.